The van der Waals surface area contributed by atoms with Gasteiger partial charge in [0.2, 0.25) is 0 Å². The van der Waals surface area contributed by atoms with E-state index in [0.29, 0.717) is 0 Å². The second-order valence-corrected chi connectivity index (χ2v) is 6.97. The lowest BCUT2D eigenvalue weighted by Crippen LogP contribution is -2.41. The van der Waals surface area contributed by atoms with Crippen molar-refractivity contribution in [3.63, 3.8) is 0 Å². The molecule has 2 aromatic carbocycles. The van der Waals surface area contributed by atoms with Gasteiger partial charge in [-0.25, -0.2) is 5.43 Å². The van der Waals surface area contributed by atoms with Crippen LogP contribution in [0.15, 0.2) is 52.0 Å². The van der Waals surface area contributed by atoms with Crippen molar-refractivity contribution in [2.24, 2.45) is 5.10 Å². The molecule has 6 nitrogen and oxygen atoms in total. The minimum Gasteiger partial charge on any atom is -0.355 e. The predicted molar refractivity (Wildman–Crippen MR) is 108 cm³/mol. The van der Waals surface area contributed by atoms with Crippen molar-refractivity contribution >= 4 is 45.3 Å². The number of aryl methyl sites for hydroxylation is 1. The standard InChI is InChI=1S/C19H21BrN4O2/c1-12(2)22-18(25)19(26)24-21-11-14-10-15(20)7-8-17(14)23-16-6-4-5-13(3)9-16/h4-12,23H,1-3H3,(H,22,25)(H,24,26)/b21-11-. The van der Waals surface area contributed by atoms with Crippen molar-refractivity contribution in [2.45, 2.75) is 26.8 Å². The Balaban J connectivity index is 2.12. The Kier molecular flexibility index (Phi) is 6.91. The molecule has 7 heteroatoms. The third kappa shape index (κ3) is 6.00. The van der Waals surface area contributed by atoms with E-state index in [1.807, 2.05) is 49.4 Å². The highest BCUT2D eigenvalue weighted by molar-refractivity contribution is 9.10. The molecule has 2 aromatic rings. The smallest absolute Gasteiger partial charge is 0.329 e. The number of benzene rings is 2. The Morgan fingerprint density at radius 3 is 2.58 bits per heavy atom. The van der Waals surface area contributed by atoms with Crippen molar-refractivity contribution in [3.05, 3.63) is 58.1 Å². The number of carbonyl (C=O) groups is 2. The van der Waals surface area contributed by atoms with Crippen LogP contribution in [0.1, 0.15) is 25.0 Å². The van der Waals surface area contributed by atoms with Gasteiger partial charge in [0.05, 0.1) is 6.21 Å². The molecule has 0 heterocycles. The third-order valence-electron chi connectivity index (χ3n) is 3.31. The summed E-state index contributed by atoms with van der Waals surface area (Å²) in [5, 5.41) is 9.71. The number of hydrogen-bond donors (Lipinski definition) is 3. The molecule has 0 saturated carbocycles. The van der Waals surface area contributed by atoms with E-state index in [2.05, 4.69) is 37.1 Å². The fraction of sp³-hybridized carbons (Fsp3) is 0.211. The van der Waals surface area contributed by atoms with Crippen molar-refractivity contribution in [1.29, 1.82) is 0 Å². The van der Waals surface area contributed by atoms with E-state index in [-0.39, 0.29) is 6.04 Å². The monoisotopic (exact) mass is 416 g/mol. The highest BCUT2D eigenvalue weighted by Crippen LogP contribution is 2.24. The second-order valence-electron chi connectivity index (χ2n) is 6.05. The molecular weight excluding hydrogens is 396 g/mol. The topological polar surface area (TPSA) is 82.6 Å². The largest absolute Gasteiger partial charge is 0.355 e. The maximum atomic E-state index is 11.7. The van der Waals surface area contributed by atoms with E-state index in [1.54, 1.807) is 13.8 Å². The third-order valence-corrected chi connectivity index (χ3v) is 3.80. The first-order chi connectivity index (χ1) is 12.3. The number of hydrogen-bond acceptors (Lipinski definition) is 4. The van der Waals surface area contributed by atoms with Crippen LogP contribution in [0.25, 0.3) is 0 Å². The quantitative estimate of drug-likeness (QED) is 0.396. The Labute approximate surface area is 161 Å². The number of anilines is 2. The van der Waals surface area contributed by atoms with Crippen LogP contribution in [0.5, 0.6) is 0 Å². The Morgan fingerprint density at radius 1 is 1.12 bits per heavy atom. The van der Waals surface area contributed by atoms with Gasteiger partial charge in [-0.1, -0.05) is 28.1 Å². The zero-order valence-electron chi connectivity index (χ0n) is 14.8. The average molecular weight is 417 g/mol. The molecule has 0 unspecified atom stereocenters. The molecule has 0 atom stereocenters. The maximum Gasteiger partial charge on any atom is 0.329 e. The number of amides is 2. The summed E-state index contributed by atoms with van der Waals surface area (Å²) in [5.74, 6) is -1.53. The van der Waals surface area contributed by atoms with Gasteiger partial charge in [0, 0.05) is 27.5 Å². The van der Waals surface area contributed by atoms with Crippen LogP contribution in [0.4, 0.5) is 11.4 Å². The lowest BCUT2D eigenvalue weighted by atomic mass is 10.1. The van der Waals surface area contributed by atoms with Crippen molar-refractivity contribution in [1.82, 2.24) is 10.7 Å². The Hall–Kier alpha value is -2.67. The molecule has 2 amide bonds. The van der Waals surface area contributed by atoms with Crippen LogP contribution in [0.3, 0.4) is 0 Å². The van der Waals surface area contributed by atoms with E-state index in [0.717, 1.165) is 27.0 Å². The Morgan fingerprint density at radius 2 is 1.88 bits per heavy atom. The summed E-state index contributed by atoms with van der Waals surface area (Å²) in [5.41, 5.74) is 5.90. The molecule has 0 aromatic heterocycles. The van der Waals surface area contributed by atoms with E-state index in [9.17, 15) is 9.59 Å². The van der Waals surface area contributed by atoms with Crippen LogP contribution < -0.4 is 16.1 Å². The number of hydrazone groups is 1. The summed E-state index contributed by atoms with van der Waals surface area (Å²) >= 11 is 3.42. The van der Waals surface area contributed by atoms with Gasteiger partial charge in [0.1, 0.15) is 0 Å². The molecule has 136 valence electrons. The number of halogens is 1. The van der Waals surface area contributed by atoms with Crippen LogP contribution in [-0.4, -0.2) is 24.1 Å². The molecule has 0 radical (unpaired) electrons. The van der Waals surface area contributed by atoms with Gasteiger partial charge < -0.3 is 10.6 Å². The van der Waals surface area contributed by atoms with E-state index in [4.69, 9.17) is 0 Å². The summed E-state index contributed by atoms with van der Waals surface area (Å²) in [7, 11) is 0. The average Bonchev–Trinajstić information content (AvgIpc) is 2.56. The Bertz CT molecular complexity index is 834. The van der Waals surface area contributed by atoms with Crippen LogP contribution in [0.2, 0.25) is 0 Å². The van der Waals surface area contributed by atoms with Crippen LogP contribution in [-0.2, 0) is 9.59 Å². The molecule has 0 saturated heterocycles. The van der Waals surface area contributed by atoms with Crippen molar-refractivity contribution in [3.8, 4) is 0 Å². The minimum absolute atomic E-state index is 0.118. The van der Waals surface area contributed by atoms with Gasteiger partial charge in [-0.15, -0.1) is 0 Å². The van der Waals surface area contributed by atoms with Crippen LogP contribution >= 0.6 is 15.9 Å². The van der Waals surface area contributed by atoms with Gasteiger partial charge >= 0.3 is 11.8 Å². The fourth-order valence-electron chi connectivity index (χ4n) is 2.17. The second kappa shape index (κ2) is 9.15. The van der Waals surface area contributed by atoms with E-state index in [1.165, 1.54) is 6.21 Å². The number of nitrogens with one attached hydrogen (secondary N) is 3. The maximum absolute atomic E-state index is 11.7. The molecule has 0 aliphatic heterocycles. The molecule has 0 aliphatic rings. The SMILES string of the molecule is Cc1cccc(Nc2ccc(Br)cc2/C=N\NC(=O)C(=O)NC(C)C)c1. The molecule has 0 aliphatic carbocycles. The minimum atomic E-state index is -0.807. The van der Waals surface area contributed by atoms with Gasteiger partial charge in [-0.3, -0.25) is 9.59 Å². The molecule has 0 spiro atoms. The molecule has 0 bridgehead atoms. The predicted octanol–water partition coefficient (Wildman–Crippen LogP) is 3.48. The lowest BCUT2D eigenvalue weighted by Gasteiger charge is -2.11. The molecule has 2 rings (SSSR count). The van der Waals surface area contributed by atoms with Gasteiger partial charge in [-0.2, -0.15) is 5.10 Å². The molecular formula is C19H21BrN4O2. The molecule has 0 fully saturated rings. The first-order valence-electron chi connectivity index (χ1n) is 8.12. The van der Waals surface area contributed by atoms with Crippen molar-refractivity contribution in [2.75, 3.05) is 5.32 Å². The van der Waals surface area contributed by atoms with Crippen LogP contribution in [0, 0.1) is 6.92 Å². The zero-order chi connectivity index (χ0) is 19.1. The van der Waals surface area contributed by atoms with E-state index >= 15 is 0 Å². The highest BCUT2D eigenvalue weighted by Gasteiger charge is 2.13. The zero-order valence-corrected chi connectivity index (χ0v) is 16.4. The summed E-state index contributed by atoms with van der Waals surface area (Å²) in [4.78, 5) is 23.3. The lowest BCUT2D eigenvalue weighted by molar-refractivity contribution is -0.139. The molecule has 26 heavy (non-hydrogen) atoms. The first-order valence-corrected chi connectivity index (χ1v) is 8.91. The molecule has 3 N–H and O–H groups in total. The van der Waals surface area contributed by atoms with E-state index < -0.39 is 11.8 Å². The highest BCUT2D eigenvalue weighted by atomic mass is 79.9. The number of nitrogens with zero attached hydrogens (tertiary/aromatic N) is 1. The van der Waals surface area contributed by atoms with Gasteiger partial charge in [-0.05, 0) is 56.7 Å². The number of carbonyl (C=O) groups excluding carboxylic acids is 2. The summed E-state index contributed by atoms with van der Waals surface area (Å²) in [6, 6.07) is 13.5. The summed E-state index contributed by atoms with van der Waals surface area (Å²) < 4.78 is 0.873. The summed E-state index contributed by atoms with van der Waals surface area (Å²) in [6.07, 6.45) is 1.49. The number of rotatable bonds is 5. The van der Waals surface area contributed by atoms with Gasteiger partial charge in [0.25, 0.3) is 0 Å². The first kappa shape index (κ1) is 19.7. The fourth-order valence-corrected chi connectivity index (χ4v) is 2.55. The summed E-state index contributed by atoms with van der Waals surface area (Å²) in [6.45, 7) is 5.57. The van der Waals surface area contributed by atoms with Crippen molar-refractivity contribution < 1.29 is 9.59 Å². The van der Waals surface area contributed by atoms with Gasteiger partial charge in [0.15, 0.2) is 0 Å². The normalized spacial score (nSPS) is 10.8.